The minimum atomic E-state index is -1.69. The van der Waals surface area contributed by atoms with E-state index in [9.17, 15) is 18.7 Å². The summed E-state index contributed by atoms with van der Waals surface area (Å²) >= 11 is 6.27. The van der Waals surface area contributed by atoms with E-state index >= 15 is 0 Å². The van der Waals surface area contributed by atoms with Gasteiger partial charge < -0.3 is 9.90 Å². The Morgan fingerprint density at radius 2 is 1.85 bits per heavy atom. The molecule has 0 aliphatic carbocycles. The molecule has 0 radical (unpaired) electrons. The van der Waals surface area contributed by atoms with Crippen LogP contribution in [-0.2, 0) is 17.6 Å². The second-order valence-corrected chi connectivity index (χ2v) is 6.19. The van der Waals surface area contributed by atoms with Crippen LogP contribution in [0, 0.1) is 18.8 Å². The quantitative estimate of drug-likeness (QED) is 0.742. The molecule has 0 saturated carbocycles. The van der Waals surface area contributed by atoms with E-state index in [0.717, 1.165) is 28.3 Å². The maximum Gasteiger partial charge on any atom is 0.266 e. The fourth-order valence-corrected chi connectivity index (χ4v) is 2.75. The zero-order chi connectivity index (χ0) is 19.1. The number of carboxylic acids is 1. The van der Waals surface area contributed by atoms with Crippen LogP contribution >= 0.6 is 11.6 Å². The first-order chi connectivity index (χ1) is 12.3. The number of benzene rings is 2. The summed E-state index contributed by atoms with van der Waals surface area (Å²) in [6.45, 7) is 1.86. The van der Waals surface area contributed by atoms with Gasteiger partial charge in [0.2, 0.25) is 0 Å². The molecule has 0 aromatic heterocycles. The maximum atomic E-state index is 12.1. The first-order valence-electron chi connectivity index (χ1n) is 7.96. The van der Waals surface area contributed by atoms with Gasteiger partial charge in [0.05, 0.1) is 5.02 Å². The zero-order valence-corrected chi connectivity index (χ0v) is 14.9. The molecule has 2 aromatic rings. The Bertz CT molecular complexity index is 863. The number of rotatable bonds is 5. The van der Waals surface area contributed by atoms with Gasteiger partial charge in [0.15, 0.2) is 0 Å². The molecule has 0 unspecified atom stereocenters. The standard InChI is InChI=1S/C21H17ClF2O2/c1-14-12-17(8-11-21(25)26)13-19(22)18(14)9-6-15-2-4-16(5-3-15)7-10-20(23)24/h2-5,10,12-13H,7-8,11H2,1H3,(H,25,26)/p-1. The number of carbonyl (C=O) groups excluding carboxylic acids is 1. The van der Waals surface area contributed by atoms with Gasteiger partial charge in [-0.25, -0.2) is 0 Å². The Balaban J connectivity index is 2.16. The van der Waals surface area contributed by atoms with Crippen molar-refractivity contribution in [2.24, 2.45) is 0 Å². The molecule has 2 aromatic carbocycles. The molecule has 0 fully saturated rings. The molecule has 2 nitrogen and oxygen atoms in total. The van der Waals surface area contributed by atoms with Gasteiger partial charge in [-0.3, -0.25) is 0 Å². The molecule has 26 heavy (non-hydrogen) atoms. The Hall–Kier alpha value is -2.64. The van der Waals surface area contributed by atoms with Crippen LogP contribution in [0.15, 0.2) is 48.6 Å². The van der Waals surface area contributed by atoms with E-state index in [1.54, 1.807) is 30.3 Å². The lowest BCUT2D eigenvalue weighted by Crippen LogP contribution is -2.22. The van der Waals surface area contributed by atoms with E-state index in [1.807, 2.05) is 13.0 Å². The number of carboxylic acid groups (broad SMARTS) is 1. The van der Waals surface area contributed by atoms with Gasteiger partial charge in [-0.05, 0) is 67.2 Å². The Morgan fingerprint density at radius 3 is 2.42 bits per heavy atom. The van der Waals surface area contributed by atoms with Crippen LogP contribution in [0.1, 0.15) is 34.2 Å². The van der Waals surface area contributed by atoms with Gasteiger partial charge in [0.25, 0.3) is 6.08 Å². The summed E-state index contributed by atoms with van der Waals surface area (Å²) in [5.74, 6) is 4.92. The molecule has 0 spiro atoms. The molecule has 0 N–H and O–H groups in total. The van der Waals surface area contributed by atoms with Crippen LogP contribution in [0.4, 0.5) is 8.78 Å². The lowest BCUT2D eigenvalue weighted by Gasteiger charge is -2.07. The lowest BCUT2D eigenvalue weighted by molar-refractivity contribution is -0.305. The number of aryl methyl sites for hydroxylation is 2. The molecule has 0 amide bonds. The van der Waals surface area contributed by atoms with Crippen molar-refractivity contribution in [3.05, 3.63) is 81.4 Å². The minimum Gasteiger partial charge on any atom is -0.550 e. The third kappa shape index (κ3) is 6.02. The molecule has 0 bridgehead atoms. The van der Waals surface area contributed by atoms with Crippen LogP contribution in [0.5, 0.6) is 0 Å². The van der Waals surface area contributed by atoms with Crippen molar-refractivity contribution in [1.82, 2.24) is 0 Å². The van der Waals surface area contributed by atoms with Gasteiger partial charge in [0.1, 0.15) is 0 Å². The van der Waals surface area contributed by atoms with E-state index in [0.29, 0.717) is 17.0 Å². The molecule has 0 aliphatic rings. The predicted octanol–water partition coefficient (Wildman–Crippen LogP) is 4.05. The first-order valence-corrected chi connectivity index (χ1v) is 8.34. The molecule has 2 rings (SSSR count). The number of hydrogen-bond donors (Lipinski definition) is 0. The fraction of sp³-hybridized carbons (Fsp3) is 0.190. The van der Waals surface area contributed by atoms with Crippen molar-refractivity contribution >= 4 is 17.6 Å². The molecule has 0 atom stereocenters. The number of halogens is 3. The summed E-state index contributed by atoms with van der Waals surface area (Å²) in [6.07, 6.45) is -0.359. The first kappa shape index (κ1) is 19.7. The highest BCUT2D eigenvalue weighted by Crippen LogP contribution is 2.22. The molecular weight excluding hydrogens is 358 g/mol. The van der Waals surface area contributed by atoms with Crippen molar-refractivity contribution < 1.29 is 18.7 Å². The molecule has 0 aliphatic heterocycles. The van der Waals surface area contributed by atoms with E-state index in [-0.39, 0.29) is 12.8 Å². The third-order valence-electron chi connectivity index (χ3n) is 3.74. The second-order valence-electron chi connectivity index (χ2n) is 5.79. The molecular formula is C21H16ClF2O2-. The van der Waals surface area contributed by atoms with E-state index < -0.39 is 12.0 Å². The number of carbonyl (C=O) groups is 1. The van der Waals surface area contributed by atoms with Gasteiger partial charge in [0, 0.05) is 17.1 Å². The highest BCUT2D eigenvalue weighted by atomic mass is 35.5. The van der Waals surface area contributed by atoms with Gasteiger partial charge in [-0.15, -0.1) is 0 Å². The van der Waals surface area contributed by atoms with Crippen LogP contribution in [0.2, 0.25) is 5.02 Å². The van der Waals surface area contributed by atoms with Gasteiger partial charge in [-0.1, -0.05) is 41.6 Å². The average Bonchev–Trinajstić information content (AvgIpc) is 2.58. The van der Waals surface area contributed by atoms with Crippen LogP contribution in [0.3, 0.4) is 0 Å². The van der Waals surface area contributed by atoms with Crippen LogP contribution < -0.4 is 5.11 Å². The zero-order valence-electron chi connectivity index (χ0n) is 14.1. The van der Waals surface area contributed by atoms with Crippen molar-refractivity contribution in [1.29, 1.82) is 0 Å². The smallest absolute Gasteiger partial charge is 0.266 e. The molecule has 5 heteroatoms. The second kappa shape index (κ2) is 9.17. The maximum absolute atomic E-state index is 12.1. The minimum absolute atomic E-state index is 0.0609. The topological polar surface area (TPSA) is 40.1 Å². The van der Waals surface area contributed by atoms with Crippen LogP contribution in [0.25, 0.3) is 0 Å². The fourth-order valence-electron chi connectivity index (χ4n) is 2.42. The van der Waals surface area contributed by atoms with E-state index in [2.05, 4.69) is 11.8 Å². The summed E-state index contributed by atoms with van der Waals surface area (Å²) < 4.78 is 24.2. The monoisotopic (exact) mass is 373 g/mol. The molecule has 0 saturated heterocycles. The van der Waals surface area contributed by atoms with Crippen molar-refractivity contribution in [3.8, 4) is 11.8 Å². The van der Waals surface area contributed by atoms with Gasteiger partial charge >= 0.3 is 0 Å². The van der Waals surface area contributed by atoms with Crippen LogP contribution in [-0.4, -0.2) is 5.97 Å². The van der Waals surface area contributed by atoms with Crippen molar-refractivity contribution in [2.75, 3.05) is 0 Å². The molecule has 134 valence electrons. The predicted molar refractivity (Wildman–Crippen MR) is 95.9 cm³/mol. The Labute approximate surface area is 156 Å². The summed E-state index contributed by atoms with van der Waals surface area (Å²) in [7, 11) is 0. The van der Waals surface area contributed by atoms with E-state index in [1.165, 1.54) is 0 Å². The van der Waals surface area contributed by atoms with E-state index in [4.69, 9.17) is 11.6 Å². The Kier molecular flexibility index (Phi) is 6.94. The third-order valence-corrected chi connectivity index (χ3v) is 4.04. The SMILES string of the molecule is Cc1cc(CCC(=O)[O-])cc(Cl)c1C#Cc1ccc(CC=C(F)F)cc1. The lowest BCUT2D eigenvalue weighted by atomic mass is 10.0. The number of hydrogen-bond acceptors (Lipinski definition) is 2. The summed E-state index contributed by atoms with van der Waals surface area (Å²) in [5, 5.41) is 11.0. The average molecular weight is 374 g/mol. The Morgan fingerprint density at radius 1 is 1.15 bits per heavy atom. The summed E-state index contributed by atoms with van der Waals surface area (Å²) in [5.41, 5.74) is 3.87. The molecule has 0 heterocycles. The highest BCUT2D eigenvalue weighted by Gasteiger charge is 2.05. The normalized spacial score (nSPS) is 10.0. The van der Waals surface area contributed by atoms with Crippen molar-refractivity contribution in [3.63, 3.8) is 0 Å². The number of allylic oxidation sites excluding steroid dienone is 1. The van der Waals surface area contributed by atoms with Gasteiger partial charge in [-0.2, -0.15) is 8.78 Å². The highest BCUT2D eigenvalue weighted by molar-refractivity contribution is 6.32. The summed E-state index contributed by atoms with van der Waals surface area (Å²) in [6, 6.07) is 10.6. The van der Waals surface area contributed by atoms with Crippen molar-refractivity contribution in [2.45, 2.75) is 26.2 Å². The number of aliphatic carboxylic acids is 1. The largest absolute Gasteiger partial charge is 0.550 e. The summed E-state index contributed by atoms with van der Waals surface area (Å²) in [4.78, 5) is 10.6.